The number of aryl methyl sites for hydroxylation is 1. The van der Waals surface area contributed by atoms with E-state index >= 15 is 0 Å². The molecule has 0 saturated carbocycles. The van der Waals surface area contributed by atoms with Gasteiger partial charge in [0, 0.05) is 10.6 Å². The van der Waals surface area contributed by atoms with Crippen LogP contribution in [0.3, 0.4) is 0 Å². The van der Waals surface area contributed by atoms with Crippen LogP contribution in [0, 0.1) is 16.1 Å². The van der Waals surface area contributed by atoms with Crippen LogP contribution in [0.5, 0.6) is 0 Å². The average Bonchev–Trinajstić information content (AvgIpc) is 2.77. The fraction of sp³-hybridized carbons (Fsp3) is 0.250. The minimum absolute atomic E-state index is 0.219. The predicted molar refractivity (Wildman–Crippen MR) is 71.0 cm³/mol. The van der Waals surface area contributed by atoms with Gasteiger partial charge < -0.3 is 0 Å². The summed E-state index contributed by atoms with van der Waals surface area (Å²) in [5.74, 6) is -1.37. The molecule has 0 aliphatic heterocycles. The Hall–Kier alpha value is -2.10. The summed E-state index contributed by atoms with van der Waals surface area (Å²) in [6, 6.07) is 8.93. The summed E-state index contributed by atoms with van der Waals surface area (Å²) in [4.78, 5) is 10.0. The lowest BCUT2D eigenvalue weighted by Crippen LogP contribution is -2.10. The fourth-order valence-electron chi connectivity index (χ4n) is 1.70. The Morgan fingerprint density at radius 1 is 1.27 bits per heavy atom. The van der Waals surface area contributed by atoms with Crippen molar-refractivity contribution in [2.45, 2.75) is 17.6 Å². The number of nitro groups is 1. The van der Waals surface area contributed by atoms with Gasteiger partial charge in [-0.1, -0.05) is 18.2 Å². The van der Waals surface area contributed by atoms with Crippen LogP contribution in [0.2, 0.25) is 0 Å². The molecule has 0 aliphatic carbocycles. The molecular formula is C12H9F4N3O2S. The second-order valence-corrected chi connectivity index (χ2v) is 5.30. The smallest absolute Gasteiger partial charge is 0.258 e. The second-order valence-electron chi connectivity index (χ2n) is 4.13. The number of benzene rings is 1. The molecule has 0 aliphatic rings. The van der Waals surface area contributed by atoms with Crippen molar-refractivity contribution in [1.82, 2.24) is 9.78 Å². The van der Waals surface area contributed by atoms with E-state index in [-0.39, 0.29) is 12.3 Å². The highest BCUT2D eigenvalue weighted by atomic mass is 32.2. The molecule has 1 heterocycles. The molecule has 0 bridgehead atoms. The van der Waals surface area contributed by atoms with Gasteiger partial charge in [-0.25, -0.2) is 4.68 Å². The van der Waals surface area contributed by atoms with E-state index in [0.717, 1.165) is 4.90 Å². The van der Waals surface area contributed by atoms with E-state index in [1.807, 2.05) is 0 Å². The summed E-state index contributed by atoms with van der Waals surface area (Å²) < 4.78 is 52.0. The van der Waals surface area contributed by atoms with Gasteiger partial charge in [-0.3, -0.25) is 10.1 Å². The lowest BCUT2D eigenvalue weighted by Gasteiger charge is -2.02. The Morgan fingerprint density at radius 3 is 2.41 bits per heavy atom. The van der Waals surface area contributed by atoms with E-state index in [1.54, 1.807) is 30.3 Å². The molecule has 1 aromatic heterocycles. The second kappa shape index (κ2) is 6.34. The summed E-state index contributed by atoms with van der Waals surface area (Å²) in [7, 11) is 0. The molecule has 0 spiro atoms. The molecule has 0 radical (unpaired) electrons. The molecule has 2 rings (SSSR count). The third kappa shape index (κ3) is 3.56. The zero-order valence-electron chi connectivity index (χ0n) is 10.9. The van der Waals surface area contributed by atoms with Crippen molar-refractivity contribution in [3.8, 4) is 0 Å². The van der Waals surface area contributed by atoms with Gasteiger partial charge in [0.2, 0.25) is 5.69 Å². The zero-order chi connectivity index (χ0) is 16.3. The average molecular weight is 335 g/mol. The maximum Gasteiger partial charge on any atom is 0.442 e. The summed E-state index contributed by atoms with van der Waals surface area (Å²) in [5.41, 5.74) is -3.46. The number of nitrogens with zero attached hydrogens (tertiary/aromatic N) is 3. The minimum atomic E-state index is -5.08. The molecule has 1 aromatic carbocycles. The van der Waals surface area contributed by atoms with Crippen molar-refractivity contribution >= 4 is 17.4 Å². The number of thioether (sulfide) groups is 1. The molecule has 0 unspecified atom stereocenters. The largest absolute Gasteiger partial charge is 0.442 e. The third-order valence-electron chi connectivity index (χ3n) is 2.63. The van der Waals surface area contributed by atoms with Crippen LogP contribution in [0.4, 0.5) is 23.2 Å². The summed E-state index contributed by atoms with van der Waals surface area (Å²) in [6.07, 6.45) is -5.08. The first-order valence-corrected chi connectivity index (χ1v) is 6.95. The van der Waals surface area contributed by atoms with Crippen molar-refractivity contribution in [1.29, 1.82) is 0 Å². The van der Waals surface area contributed by atoms with Crippen molar-refractivity contribution in [2.75, 3.05) is 5.75 Å². The van der Waals surface area contributed by atoms with Gasteiger partial charge in [0.05, 0.1) is 11.5 Å². The lowest BCUT2D eigenvalue weighted by molar-refractivity contribution is -0.390. The summed E-state index contributed by atoms with van der Waals surface area (Å²) >= 11 is 1.28. The van der Waals surface area contributed by atoms with E-state index in [4.69, 9.17) is 0 Å². The normalized spacial score (nSPS) is 11.6. The fourth-order valence-corrected chi connectivity index (χ4v) is 2.55. The molecule has 5 nitrogen and oxygen atoms in total. The van der Waals surface area contributed by atoms with Gasteiger partial charge >= 0.3 is 11.9 Å². The Bertz CT molecular complexity index is 673. The Kier molecular flexibility index (Phi) is 4.69. The molecule has 2 aromatic rings. The molecule has 10 heteroatoms. The standard InChI is InChI=1S/C12H9F4N3O2S/c13-11-9(19(20)21)10(12(14,15)16)17-18(11)6-7-22-8-4-2-1-3-5-8/h1-5H,6-7H2. The van der Waals surface area contributed by atoms with E-state index in [1.165, 1.54) is 11.8 Å². The highest BCUT2D eigenvalue weighted by Crippen LogP contribution is 2.36. The predicted octanol–water partition coefficient (Wildman–Crippen LogP) is 3.74. The quantitative estimate of drug-likeness (QED) is 0.361. The molecule has 0 saturated heterocycles. The molecule has 0 amide bonds. The zero-order valence-corrected chi connectivity index (χ0v) is 11.7. The molecule has 0 fully saturated rings. The molecule has 0 N–H and O–H groups in total. The van der Waals surface area contributed by atoms with Gasteiger partial charge in [0.1, 0.15) is 0 Å². The molecule has 0 atom stereocenters. The van der Waals surface area contributed by atoms with E-state index in [0.29, 0.717) is 4.68 Å². The molecule has 22 heavy (non-hydrogen) atoms. The van der Waals surface area contributed by atoms with Crippen LogP contribution in [0.25, 0.3) is 0 Å². The van der Waals surface area contributed by atoms with E-state index < -0.39 is 28.4 Å². The molecule has 118 valence electrons. The number of alkyl halides is 3. The van der Waals surface area contributed by atoms with Crippen LogP contribution < -0.4 is 0 Å². The van der Waals surface area contributed by atoms with Crippen molar-refractivity contribution in [2.24, 2.45) is 0 Å². The number of hydrogen-bond acceptors (Lipinski definition) is 4. The van der Waals surface area contributed by atoms with Crippen molar-refractivity contribution in [3.05, 3.63) is 52.1 Å². The van der Waals surface area contributed by atoms with Crippen LogP contribution in [0.15, 0.2) is 35.2 Å². The summed E-state index contributed by atoms with van der Waals surface area (Å²) in [6.45, 7) is -0.220. The SMILES string of the molecule is O=[N+]([O-])c1c(C(F)(F)F)nn(CCSc2ccccc2)c1F. The first-order chi connectivity index (χ1) is 10.3. The van der Waals surface area contributed by atoms with Crippen LogP contribution in [-0.2, 0) is 12.7 Å². The minimum Gasteiger partial charge on any atom is -0.258 e. The summed E-state index contributed by atoms with van der Waals surface area (Å²) in [5, 5.41) is 13.6. The topological polar surface area (TPSA) is 61.0 Å². The van der Waals surface area contributed by atoms with Crippen LogP contribution >= 0.6 is 11.8 Å². The van der Waals surface area contributed by atoms with Crippen molar-refractivity contribution < 1.29 is 22.5 Å². The first-order valence-electron chi connectivity index (χ1n) is 5.96. The highest BCUT2D eigenvalue weighted by Gasteiger charge is 2.45. The number of halogens is 4. The monoisotopic (exact) mass is 335 g/mol. The Balaban J connectivity index is 2.16. The van der Waals surface area contributed by atoms with Crippen molar-refractivity contribution in [3.63, 3.8) is 0 Å². The number of aromatic nitrogens is 2. The van der Waals surface area contributed by atoms with Crippen LogP contribution in [-0.4, -0.2) is 20.5 Å². The van der Waals surface area contributed by atoms with Gasteiger partial charge in [0.15, 0.2) is 0 Å². The lowest BCUT2D eigenvalue weighted by atomic mass is 10.3. The molecular weight excluding hydrogens is 326 g/mol. The highest BCUT2D eigenvalue weighted by molar-refractivity contribution is 7.99. The van der Waals surface area contributed by atoms with E-state index in [2.05, 4.69) is 5.10 Å². The number of hydrogen-bond donors (Lipinski definition) is 0. The van der Waals surface area contributed by atoms with Gasteiger partial charge in [-0.05, 0) is 12.1 Å². The Labute approximate surface area is 126 Å². The third-order valence-corrected chi connectivity index (χ3v) is 3.63. The van der Waals surface area contributed by atoms with E-state index in [9.17, 15) is 27.7 Å². The number of rotatable bonds is 5. The van der Waals surface area contributed by atoms with Gasteiger partial charge in [-0.15, -0.1) is 11.8 Å². The maximum absolute atomic E-state index is 13.7. The van der Waals surface area contributed by atoms with Gasteiger partial charge in [-0.2, -0.15) is 22.7 Å². The maximum atomic E-state index is 13.7. The first kappa shape index (κ1) is 16.3. The Morgan fingerprint density at radius 2 is 1.91 bits per heavy atom. The van der Waals surface area contributed by atoms with Gasteiger partial charge in [0.25, 0.3) is 5.95 Å². The van der Waals surface area contributed by atoms with Crippen LogP contribution in [0.1, 0.15) is 5.69 Å².